The molecule has 1 aliphatic rings. The van der Waals surface area contributed by atoms with Gasteiger partial charge in [-0.1, -0.05) is 0 Å². The normalized spacial score (nSPS) is 23.1. The molecular weight excluding hydrogens is 235 g/mol. The van der Waals surface area contributed by atoms with Gasteiger partial charge < -0.3 is 10.0 Å². The van der Waals surface area contributed by atoms with Crippen LogP contribution in [0, 0.1) is 5.82 Å². The van der Waals surface area contributed by atoms with Crippen molar-refractivity contribution in [2.24, 2.45) is 0 Å². The number of aliphatic hydroxyl groups excluding tert-OH is 1. The molecule has 1 N–H and O–H groups in total. The quantitative estimate of drug-likeness (QED) is 0.851. The van der Waals surface area contributed by atoms with Gasteiger partial charge >= 0.3 is 0 Å². The van der Waals surface area contributed by atoms with Gasteiger partial charge in [0.05, 0.1) is 18.5 Å². The number of anilines is 1. The minimum atomic E-state index is -0.417. The molecule has 0 radical (unpaired) electrons. The van der Waals surface area contributed by atoms with Crippen LogP contribution in [0.25, 0.3) is 0 Å². The standard InChI is InChI=1S/C12H19FN4O/c1-9-7-16(8-10(2)18)3-4-17(9)12-14-5-11(13)6-15-12/h5-6,9-10,18H,3-4,7-8H2,1-2H3. The average Bonchev–Trinajstić information content (AvgIpc) is 2.30. The van der Waals surface area contributed by atoms with E-state index in [1.807, 2.05) is 0 Å². The van der Waals surface area contributed by atoms with Crippen LogP contribution in [-0.4, -0.2) is 58.3 Å². The molecule has 2 rings (SSSR count). The van der Waals surface area contributed by atoms with Crippen LogP contribution >= 0.6 is 0 Å². The molecule has 1 fully saturated rings. The summed E-state index contributed by atoms with van der Waals surface area (Å²) in [5.74, 6) is 0.153. The molecule has 1 aromatic heterocycles. The molecule has 2 heterocycles. The number of aliphatic hydroxyl groups is 1. The molecule has 0 spiro atoms. The predicted octanol–water partition coefficient (Wildman–Crippen LogP) is 0.507. The van der Waals surface area contributed by atoms with Crippen LogP contribution in [0.2, 0.25) is 0 Å². The third kappa shape index (κ3) is 3.14. The minimum absolute atomic E-state index is 0.253. The van der Waals surface area contributed by atoms with E-state index >= 15 is 0 Å². The predicted molar refractivity (Wildman–Crippen MR) is 66.9 cm³/mol. The molecule has 2 atom stereocenters. The SMILES string of the molecule is CC(O)CN1CCN(c2ncc(F)cn2)C(C)C1. The Morgan fingerprint density at radius 3 is 2.67 bits per heavy atom. The Kier molecular flexibility index (Phi) is 4.08. The average molecular weight is 254 g/mol. The van der Waals surface area contributed by atoms with Gasteiger partial charge in [-0.3, -0.25) is 4.90 Å². The van der Waals surface area contributed by atoms with Gasteiger partial charge in [0, 0.05) is 32.2 Å². The molecule has 1 aliphatic heterocycles. The summed E-state index contributed by atoms with van der Waals surface area (Å²) >= 11 is 0. The number of nitrogens with zero attached hydrogens (tertiary/aromatic N) is 4. The molecule has 5 nitrogen and oxygen atoms in total. The number of piperazine rings is 1. The van der Waals surface area contributed by atoms with Crippen LogP contribution in [0.15, 0.2) is 12.4 Å². The highest BCUT2D eigenvalue weighted by Crippen LogP contribution is 2.16. The smallest absolute Gasteiger partial charge is 0.225 e. The van der Waals surface area contributed by atoms with Crippen LogP contribution in [0.1, 0.15) is 13.8 Å². The van der Waals surface area contributed by atoms with Crippen molar-refractivity contribution in [3.05, 3.63) is 18.2 Å². The monoisotopic (exact) mass is 254 g/mol. The Hall–Kier alpha value is -1.27. The summed E-state index contributed by atoms with van der Waals surface area (Å²) in [5, 5.41) is 9.38. The van der Waals surface area contributed by atoms with E-state index in [2.05, 4.69) is 26.7 Å². The summed E-state index contributed by atoms with van der Waals surface area (Å²) in [7, 11) is 0. The second-order valence-corrected chi connectivity index (χ2v) is 4.85. The molecule has 0 bridgehead atoms. The number of hydrogen-bond donors (Lipinski definition) is 1. The zero-order chi connectivity index (χ0) is 13.1. The summed E-state index contributed by atoms with van der Waals surface area (Å²) in [6.45, 7) is 7.06. The molecular formula is C12H19FN4O. The Morgan fingerprint density at radius 1 is 1.44 bits per heavy atom. The van der Waals surface area contributed by atoms with E-state index in [9.17, 15) is 9.50 Å². The number of aromatic nitrogens is 2. The lowest BCUT2D eigenvalue weighted by Crippen LogP contribution is -2.53. The highest BCUT2D eigenvalue weighted by atomic mass is 19.1. The van der Waals surface area contributed by atoms with Crippen molar-refractivity contribution >= 4 is 5.95 Å². The Labute approximate surface area is 106 Å². The van der Waals surface area contributed by atoms with E-state index in [0.717, 1.165) is 19.6 Å². The fraction of sp³-hybridized carbons (Fsp3) is 0.667. The van der Waals surface area contributed by atoms with Crippen molar-refractivity contribution in [3.8, 4) is 0 Å². The molecule has 100 valence electrons. The van der Waals surface area contributed by atoms with E-state index in [1.54, 1.807) is 6.92 Å². The van der Waals surface area contributed by atoms with Gasteiger partial charge in [0.1, 0.15) is 0 Å². The molecule has 2 unspecified atom stereocenters. The number of halogens is 1. The lowest BCUT2D eigenvalue weighted by atomic mass is 10.2. The van der Waals surface area contributed by atoms with Crippen molar-refractivity contribution in [2.75, 3.05) is 31.1 Å². The Bertz CT molecular complexity index is 384. The molecule has 6 heteroatoms. The van der Waals surface area contributed by atoms with E-state index in [0.29, 0.717) is 12.5 Å². The van der Waals surface area contributed by atoms with Gasteiger partial charge in [0.25, 0.3) is 0 Å². The number of rotatable bonds is 3. The third-order valence-corrected chi connectivity index (χ3v) is 3.10. The van der Waals surface area contributed by atoms with Crippen LogP contribution in [-0.2, 0) is 0 Å². The molecule has 0 aliphatic carbocycles. The van der Waals surface area contributed by atoms with Gasteiger partial charge in [-0.15, -0.1) is 0 Å². The zero-order valence-electron chi connectivity index (χ0n) is 10.8. The number of β-amino-alcohol motifs (C(OH)–C–C–N with tert-alkyl or cyclic N) is 1. The lowest BCUT2D eigenvalue weighted by Gasteiger charge is -2.40. The van der Waals surface area contributed by atoms with Gasteiger partial charge in [-0.2, -0.15) is 0 Å². The van der Waals surface area contributed by atoms with Crippen molar-refractivity contribution in [3.63, 3.8) is 0 Å². The topological polar surface area (TPSA) is 52.5 Å². The van der Waals surface area contributed by atoms with Crippen molar-refractivity contribution in [2.45, 2.75) is 26.0 Å². The van der Waals surface area contributed by atoms with Gasteiger partial charge in [-0.05, 0) is 13.8 Å². The van der Waals surface area contributed by atoms with Crippen molar-refractivity contribution in [1.82, 2.24) is 14.9 Å². The first-order valence-electron chi connectivity index (χ1n) is 6.21. The molecule has 1 saturated heterocycles. The highest BCUT2D eigenvalue weighted by Gasteiger charge is 2.25. The summed E-state index contributed by atoms with van der Waals surface area (Å²) in [5.41, 5.74) is 0. The van der Waals surface area contributed by atoms with Crippen LogP contribution < -0.4 is 4.90 Å². The van der Waals surface area contributed by atoms with Crippen LogP contribution in [0.4, 0.5) is 10.3 Å². The molecule has 0 aromatic carbocycles. The summed E-state index contributed by atoms with van der Waals surface area (Å²) in [6.07, 6.45) is 2.07. The van der Waals surface area contributed by atoms with E-state index in [-0.39, 0.29) is 12.1 Å². The number of hydrogen-bond acceptors (Lipinski definition) is 5. The second kappa shape index (κ2) is 5.58. The van der Waals surface area contributed by atoms with Crippen molar-refractivity contribution in [1.29, 1.82) is 0 Å². The molecule has 18 heavy (non-hydrogen) atoms. The molecule has 0 saturated carbocycles. The first-order valence-corrected chi connectivity index (χ1v) is 6.21. The molecule has 1 aromatic rings. The zero-order valence-corrected chi connectivity index (χ0v) is 10.8. The van der Waals surface area contributed by atoms with Crippen LogP contribution in [0.5, 0.6) is 0 Å². The van der Waals surface area contributed by atoms with Gasteiger partial charge in [-0.25, -0.2) is 14.4 Å². The maximum Gasteiger partial charge on any atom is 0.225 e. The summed E-state index contributed by atoms with van der Waals surface area (Å²) in [4.78, 5) is 12.3. The molecule has 0 amide bonds. The van der Waals surface area contributed by atoms with E-state index in [4.69, 9.17) is 0 Å². The maximum atomic E-state index is 12.8. The fourth-order valence-corrected chi connectivity index (χ4v) is 2.32. The third-order valence-electron chi connectivity index (χ3n) is 3.10. The van der Waals surface area contributed by atoms with Crippen molar-refractivity contribution < 1.29 is 9.50 Å². The van der Waals surface area contributed by atoms with E-state index in [1.165, 1.54) is 12.4 Å². The Morgan fingerprint density at radius 2 is 2.11 bits per heavy atom. The van der Waals surface area contributed by atoms with E-state index < -0.39 is 5.82 Å². The maximum absolute atomic E-state index is 12.8. The fourth-order valence-electron chi connectivity index (χ4n) is 2.32. The highest BCUT2D eigenvalue weighted by molar-refractivity contribution is 5.31. The summed E-state index contributed by atoms with van der Waals surface area (Å²) in [6, 6.07) is 0.253. The second-order valence-electron chi connectivity index (χ2n) is 4.85. The first-order chi connectivity index (χ1) is 8.56. The van der Waals surface area contributed by atoms with Gasteiger partial charge in [0.15, 0.2) is 5.82 Å². The largest absolute Gasteiger partial charge is 0.392 e. The minimum Gasteiger partial charge on any atom is -0.392 e. The lowest BCUT2D eigenvalue weighted by molar-refractivity contribution is 0.114. The van der Waals surface area contributed by atoms with Gasteiger partial charge in [0.2, 0.25) is 5.95 Å². The first kappa shape index (κ1) is 13.2. The van der Waals surface area contributed by atoms with Crippen LogP contribution in [0.3, 0.4) is 0 Å². The summed E-state index contributed by atoms with van der Waals surface area (Å²) < 4.78 is 12.8. The Balaban J connectivity index is 1.99.